The van der Waals surface area contributed by atoms with Crippen molar-refractivity contribution in [3.8, 4) is 61.9 Å². The summed E-state index contributed by atoms with van der Waals surface area (Å²) < 4.78 is 12.8. The van der Waals surface area contributed by atoms with Gasteiger partial charge in [-0.15, -0.1) is 0 Å². The van der Waals surface area contributed by atoms with Crippen molar-refractivity contribution in [1.82, 2.24) is 15.0 Å². The second kappa shape index (κ2) is 13.3. The predicted octanol–water partition coefficient (Wildman–Crippen LogP) is 13.0. The van der Waals surface area contributed by atoms with E-state index >= 15 is 0 Å². The molecule has 0 bridgehead atoms. The zero-order valence-electron chi connectivity index (χ0n) is 30.5. The van der Waals surface area contributed by atoms with Gasteiger partial charge in [0.25, 0.3) is 0 Å². The van der Waals surface area contributed by atoms with Crippen LogP contribution in [0.25, 0.3) is 89.2 Å². The van der Waals surface area contributed by atoms with E-state index in [0.717, 1.165) is 80.3 Å². The second-order valence-electron chi connectivity index (χ2n) is 14.6. The molecule has 7 aromatic carbocycles. The number of ether oxygens (including phenoxy) is 1. The summed E-state index contributed by atoms with van der Waals surface area (Å²) in [7, 11) is 0. The standard InChI is InChI=1S/C51H35N3O2/c1-3-11-32(12-4-1)33-21-23-34(24-22-33)36-15-9-16-37(29-36)38-25-27-46-43(30-38)48-41(18-10-20-47(48)56-46)51-53-49(35-13-5-2-6-14-35)52-50(54-51)39-26-28-45-42(31-39)40-17-7-8-19-44(40)55-45/h1-9,11-17,19,21-31,47H,10,18,20H2. The fraction of sp³-hybridized carbons (Fsp3) is 0.0784. The van der Waals surface area contributed by atoms with Gasteiger partial charge in [-0.25, -0.2) is 15.0 Å². The summed E-state index contributed by atoms with van der Waals surface area (Å²) in [5.74, 6) is 2.90. The molecule has 1 unspecified atom stereocenters. The third kappa shape index (κ3) is 5.68. The molecule has 1 atom stereocenters. The van der Waals surface area contributed by atoms with E-state index in [4.69, 9.17) is 24.1 Å². The first-order chi connectivity index (χ1) is 27.7. The van der Waals surface area contributed by atoms with Gasteiger partial charge in [0, 0.05) is 38.6 Å². The molecule has 0 saturated carbocycles. The van der Waals surface area contributed by atoms with Crippen LogP contribution in [0.15, 0.2) is 174 Å². The molecule has 9 aromatic rings. The van der Waals surface area contributed by atoms with Crippen molar-refractivity contribution in [2.45, 2.75) is 25.4 Å². The normalized spacial score (nSPS) is 14.8. The zero-order chi connectivity index (χ0) is 37.0. The van der Waals surface area contributed by atoms with Crippen molar-refractivity contribution in [2.75, 3.05) is 0 Å². The lowest BCUT2D eigenvalue weighted by Gasteiger charge is -2.22. The Bertz CT molecular complexity index is 2970. The van der Waals surface area contributed by atoms with Gasteiger partial charge in [0.15, 0.2) is 17.5 Å². The molecule has 1 aliphatic carbocycles. The summed E-state index contributed by atoms with van der Waals surface area (Å²) in [4.78, 5) is 15.5. The molecule has 0 fully saturated rings. The number of hydrogen-bond donors (Lipinski definition) is 0. The van der Waals surface area contributed by atoms with Gasteiger partial charge in [0.2, 0.25) is 0 Å². The number of para-hydroxylation sites is 1. The van der Waals surface area contributed by atoms with Gasteiger partial charge in [-0.05, 0) is 95.1 Å². The van der Waals surface area contributed by atoms with E-state index in [1.54, 1.807) is 0 Å². The fourth-order valence-corrected chi connectivity index (χ4v) is 8.39. The zero-order valence-corrected chi connectivity index (χ0v) is 30.5. The molecule has 1 aliphatic heterocycles. The molecule has 0 spiro atoms. The molecule has 2 aromatic heterocycles. The fourth-order valence-electron chi connectivity index (χ4n) is 8.39. The number of rotatable bonds is 6. The summed E-state index contributed by atoms with van der Waals surface area (Å²) in [5, 5.41) is 2.11. The van der Waals surface area contributed by atoms with Crippen LogP contribution in [0.5, 0.6) is 5.75 Å². The molecule has 56 heavy (non-hydrogen) atoms. The van der Waals surface area contributed by atoms with Gasteiger partial charge in [-0.2, -0.15) is 0 Å². The summed E-state index contributed by atoms with van der Waals surface area (Å²) in [5.41, 5.74) is 14.1. The largest absolute Gasteiger partial charge is 0.485 e. The summed E-state index contributed by atoms with van der Waals surface area (Å²) >= 11 is 0. The maximum atomic E-state index is 6.66. The Morgan fingerprint density at radius 1 is 0.429 bits per heavy atom. The maximum Gasteiger partial charge on any atom is 0.164 e. The average Bonchev–Trinajstić information content (AvgIpc) is 3.85. The average molecular weight is 722 g/mol. The number of furan rings is 1. The van der Waals surface area contributed by atoms with E-state index in [1.807, 2.05) is 48.5 Å². The van der Waals surface area contributed by atoms with Crippen LogP contribution < -0.4 is 4.74 Å². The van der Waals surface area contributed by atoms with Gasteiger partial charge in [-0.1, -0.05) is 127 Å². The molecule has 3 heterocycles. The monoisotopic (exact) mass is 721 g/mol. The molecule has 0 N–H and O–H groups in total. The SMILES string of the molecule is c1ccc(-c2ccc(-c3cccc(-c4ccc5c(c4)C4=C(c6nc(-c7ccccc7)nc(-c7ccc8oc9ccccc9c8c7)n6)CCCC4O5)c3)cc2)cc1. The van der Waals surface area contributed by atoms with Gasteiger partial charge >= 0.3 is 0 Å². The van der Waals surface area contributed by atoms with Crippen LogP contribution in [0, 0.1) is 0 Å². The molecule has 5 heteroatoms. The predicted molar refractivity (Wildman–Crippen MR) is 226 cm³/mol. The van der Waals surface area contributed by atoms with Crippen molar-refractivity contribution in [3.63, 3.8) is 0 Å². The van der Waals surface area contributed by atoms with Crippen molar-refractivity contribution in [2.24, 2.45) is 0 Å². The third-order valence-corrected chi connectivity index (χ3v) is 11.2. The Morgan fingerprint density at radius 2 is 1.00 bits per heavy atom. The van der Waals surface area contributed by atoms with E-state index in [1.165, 1.54) is 27.8 Å². The minimum absolute atomic E-state index is 0.0486. The smallest absolute Gasteiger partial charge is 0.164 e. The Kier molecular flexibility index (Phi) is 7.69. The van der Waals surface area contributed by atoms with Crippen molar-refractivity contribution in [3.05, 3.63) is 181 Å². The number of fused-ring (bicyclic) bond motifs is 6. The first-order valence-corrected chi connectivity index (χ1v) is 19.3. The highest BCUT2D eigenvalue weighted by Gasteiger charge is 2.35. The summed E-state index contributed by atoms with van der Waals surface area (Å²) in [6.45, 7) is 0. The van der Waals surface area contributed by atoms with Crippen LogP contribution in [0.2, 0.25) is 0 Å². The van der Waals surface area contributed by atoms with Crippen molar-refractivity contribution < 1.29 is 9.15 Å². The first-order valence-electron chi connectivity index (χ1n) is 19.3. The number of allylic oxidation sites excluding steroid dienone is 1. The number of aromatic nitrogens is 3. The van der Waals surface area contributed by atoms with Gasteiger partial charge in [0.1, 0.15) is 23.0 Å². The Labute approximate surface area is 324 Å². The van der Waals surface area contributed by atoms with Gasteiger partial charge < -0.3 is 9.15 Å². The molecule has 0 saturated heterocycles. The first kappa shape index (κ1) is 32.3. The van der Waals surface area contributed by atoms with Gasteiger partial charge in [-0.3, -0.25) is 0 Å². The number of nitrogens with zero attached hydrogens (tertiary/aromatic N) is 3. The van der Waals surface area contributed by atoms with E-state index in [9.17, 15) is 0 Å². The second-order valence-corrected chi connectivity index (χ2v) is 14.6. The molecule has 2 aliphatic rings. The van der Waals surface area contributed by atoms with Gasteiger partial charge in [0.05, 0.1) is 0 Å². The highest BCUT2D eigenvalue weighted by atomic mass is 16.5. The van der Waals surface area contributed by atoms with Crippen LogP contribution in [-0.4, -0.2) is 21.1 Å². The quantitative estimate of drug-likeness (QED) is 0.171. The Hall–Kier alpha value is -7.11. The molecule has 11 rings (SSSR count). The number of hydrogen-bond acceptors (Lipinski definition) is 5. The van der Waals surface area contributed by atoms with E-state index in [-0.39, 0.29) is 6.10 Å². The van der Waals surface area contributed by atoms with Crippen LogP contribution >= 0.6 is 0 Å². The molecule has 0 amide bonds. The lowest BCUT2D eigenvalue weighted by Crippen LogP contribution is -2.18. The topological polar surface area (TPSA) is 61.0 Å². The minimum Gasteiger partial charge on any atom is -0.485 e. The molecule has 266 valence electrons. The van der Waals surface area contributed by atoms with Crippen LogP contribution in [-0.2, 0) is 0 Å². The lowest BCUT2D eigenvalue weighted by atomic mass is 9.85. The summed E-state index contributed by atoms with van der Waals surface area (Å²) in [6, 6.07) is 59.3. The highest BCUT2D eigenvalue weighted by molar-refractivity contribution is 6.06. The van der Waals surface area contributed by atoms with Crippen LogP contribution in [0.1, 0.15) is 30.7 Å². The molecule has 0 radical (unpaired) electrons. The highest BCUT2D eigenvalue weighted by Crippen LogP contribution is 2.48. The lowest BCUT2D eigenvalue weighted by molar-refractivity contribution is 0.258. The summed E-state index contributed by atoms with van der Waals surface area (Å²) in [6.07, 6.45) is 2.75. The van der Waals surface area contributed by atoms with E-state index in [2.05, 4.69) is 121 Å². The van der Waals surface area contributed by atoms with E-state index < -0.39 is 0 Å². The van der Waals surface area contributed by atoms with Crippen molar-refractivity contribution in [1.29, 1.82) is 0 Å². The maximum absolute atomic E-state index is 6.66. The molecule has 5 nitrogen and oxygen atoms in total. The third-order valence-electron chi connectivity index (χ3n) is 11.2. The van der Waals surface area contributed by atoms with Crippen molar-refractivity contribution >= 4 is 33.1 Å². The van der Waals surface area contributed by atoms with E-state index in [0.29, 0.717) is 17.5 Å². The molecular weight excluding hydrogens is 687 g/mol. The van der Waals surface area contributed by atoms with Crippen LogP contribution in [0.3, 0.4) is 0 Å². The minimum atomic E-state index is -0.0486. The Balaban J connectivity index is 1.01. The molecular formula is C51H35N3O2. The van der Waals surface area contributed by atoms with Crippen LogP contribution in [0.4, 0.5) is 0 Å². The Morgan fingerprint density at radius 3 is 1.80 bits per heavy atom. The number of benzene rings is 7.